The van der Waals surface area contributed by atoms with Gasteiger partial charge in [0.2, 0.25) is 0 Å². The van der Waals surface area contributed by atoms with Crippen LogP contribution in [0.15, 0.2) is 49.1 Å². The first-order valence-electron chi connectivity index (χ1n) is 7.57. The lowest BCUT2D eigenvalue weighted by Gasteiger charge is -2.14. The Morgan fingerprint density at radius 1 is 0.840 bits per heavy atom. The van der Waals surface area contributed by atoms with Crippen LogP contribution >= 0.6 is 34.8 Å². The molecule has 1 atom stereocenters. The average molecular weight is 395 g/mol. The number of fused-ring (bicyclic) bond motifs is 1. The van der Waals surface area contributed by atoms with E-state index in [9.17, 15) is 0 Å². The first kappa shape index (κ1) is 17.9. The van der Waals surface area contributed by atoms with E-state index < -0.39 is 0 Å². The largest absolute Gasteiger partial charge is 0.362 e. The van der Waals surface area contributed by atoms with E-state index in [-0.39, 0.29) is 0 Å². The fourth-order valence-corrected chi connectivity index (χ4v) is 3.10. The summed E-state index contributed by atoms with van der Waals surface area (Å²) in [6.45, 7) is 0. The van der Waals surface area contributed by atoms with Gasteiger partial charge in [0.1, 0.15) is 21.3 Å². The summed E-state index contributed by atoms with van der Waals surface area (Å²) in [5.41, 5.74) is 2.77. The van der Waals surface area contributed by atoms with Gasteiger partial charge in [0.25, 0.3) is 0 Å². The van der Waals surface area contributed by atoms with Gasteiger partial charge in [-0.15, -0.1) is 0 Å². The van der Waals surface area contributed by atoms with Gasteiger partial charge in [0.15, 0.2) is 0 Å². The molecule has 0 unspecified atom stereocenters. The third-order valence-corrected chi connectivity index (χ3v) is 4.18. The lowest BCUT2D eigenvalue weighted by atomic mass is 10.1. The summed E-state index contributed by atoms with van der Waals surface area (Å²) in [4.78, 5) is 15.5. The van der Waals surface area contributed by atoms with Crippen LogP contribution in [-0.2, 0) is 6.42 Å². The molecule has 0 aliphatic heterocycles. The maximum Gasteiger partial charge on any atom is 0.149 e. The van der Waals surface area contributed by atoms with E-state index in [4.69, 9.17) is 34.8 Å². The van der Waals surface area contributed by atoms with E-state index in [2.05, 4.69) is 49.5 Å². The summed E-state index contributed by atoms with van der Waals surface area (Å²) >= 11 is 16.6. The minimum Gasteiger partial charge on any atom is -0.362 e. The molecule has 0 radical (unpaired) electrons. The number of nitrogens with zero attached hydrogens (tertiary/aromatic N) is 4. The van der Waals surface area contributed by atoms with Crippen LogP contribution in [-0.4, -0.2) is 19.9 Å². The molecule has 2 heterocycles. The van der Waals surface area contributed by atoms with E-state index in [0.717, 1.165) is 18.7 Å². The second-order valence-corrected chi connectivity index (χ2v) is 6.49. The van der Waals surface area contributed by atoms with Crippen LogP contribution in [0.1, 0.15) is 23.6 Å². The number of benzene rings is 1. The summed E-state index contributed by atoms with van der Waals surface area (Å²) in [6.07, 6.45) is 8.29. The second kappa shape index (κ2) is 8.43. The number of rotatable bonds is 2. The first-order chi connectivity index (χ1) is 12.1. The average Bonchev–Trinajstić information content (AvgIpc) is 2.99. The van der Waals surface area contributed by atoms with Crippen molar-refractivity contribution in [1.82, 2.24) is 19.9 Å². The Kier molecular flexibility index (Phi) is 6.02. The normalized spacial score (nSPS) is 15.1. The Morgan fingerprint density at radius 3 is 2.12 bits per heavy atom. The molecule has 0 spiro atoms. The first-order valence-corrected chi connectivity index (χ1v) is 8.70. The van der Waals surface area contributed by atoms with Gasteiger partial charge in [-0.25, -0.2) is 9.97 Å². The number of nitrogens with one attached hydrogen (secondary N) is 1. The van der Waals surface area contributed by atoms with Crippen LogP contribution in [0, 0.1) is 0 Å². The van der Waals surface area contributed by atoms with Crippen molar-refractivity contribution in [2.24, 2.45) is 0 Å². The monoisotopic (exact) mass is 393 g/mol. The fraction of sp³-hybridized carbons (Fsp3) is 0.176. The van der Waals surface area contributed by atoms with Gasteiger partial charge in [0, 0.05) is 0 Å². The Bertz CT molecular complexity index is 842. The SMILES string of the molecule is Clc1cncc(Cl)n1.Clc1cncc(N[C@@H]2CCc3ccccc32)n1. The molecule has 128 valence electrons. The minimum atomic E-state index is 0.317. The minimum absolute atomic E-state index is 0.317. The standard InChI is InChI=1S/C13H12ClN3.C4H2Cl2N2/c14-12-7-15-8-13(17-12)16-11-6-5-9-3-1-2-4-10(9)11;5-3-1-7-2-4(6)8-3/h1-4,7-8,11H,5-6H2,(H,16,17);1-2H/t11-;/m1./s1. The van der Waals surface area contributed by atoms with Crippen molar-refractivity contribution in [3.8, 4) is 0 Å². The Balaban J connectivity index is 0.000000192. The highest BCUT2D eigenvalue weighted by Crippen LogP contribution is 2.33. The number of aromatic nitrogens is 4. The van der Waals surface area contributed by atoms with Crippen molar-refractivity contribution in [2.75, 3.05) is 5.32 Å². The van der Waals surface area contributed by atoms with Crippen LogP contribution in [0.4, 0.5) is 5.82 Å². The van der Waals surface area contributed by atoms with Crippen molar-refractivity contribution >= 4 is 40.6 Å². The number of hydrogen-bond donors (Lipinski definition) is 1. The maximum absolute atomic E-state index is 5.82. The molecular formula is C17H14Cl3N5. The molecule has 1 N–H and O–H groups in total. The van der Waals surface area contributed by atoms with Crippen LogP contribution in [0.5, 0.6) is 0 Å². The van der Waals surface area contributed by atoms with Gasteiger partial charge >= 0.3 is 0 Å². The summed E-state index contributed by atoms with van der Waals surface area (Å²) < 4.78 is 0. The van der Waals surface area contributed by atoms with Crippen molar-refractivity contribution in [3.63, 3.8) is 0 Å². The quantitative estimate of drug-likeness (QED) is 0.661. The van der Waals surface area contributed by atoms with Crippen LogP contribution in [0.2, 0.25) is 15.5 Å². The molecule has 0 saturated heterocycles. The Labute approximate surface area is 160 Å². The zero-order valence-corrected chi connectivity index (χ0v) is 15.3. The third kappa shape index (κ3) is 5.01. The molecule has 1 aliphatic carbocycles. The molecule has 2 aromatic heterocycles. The van der Waals surface area contributed by atoms with Gasteiger partial charge in [0.05, 0.1) is 30.8 Å². The summed E-state index contributed by atoms with van der Waals surface area (Å²) in [7, 11) is 0. The van der Waals surface area contributed by atoms with E-state index in [1.807, 2.05) is 0 Å². The number of hydrogen-bond acceptors (Lipinski definition) is 5. The van der Waals surface area contributed by atoms with E-state index in [0.29, 0.717) is 21.5 Å². The second-order valence-electron chi connectivity index (χ2n) is 5.33. The predicted octanol–water partition coefficient (Wildman–Crippen LogP) is 5.01. The van der Waals surface area contributed by atoms with E-state index >= 15 is 0 Å². The molecule has 0 bridgehead atoms. The van der Waals surface area contributed by atoms with Gasteiger partial charge in [-0.3, -0.25) is 9.97 Å². The molecular weight excluding hydrogens is 381 g/mol. The highest BCUT2D eigenvalue weighted by atomic mass is 35.5. The lowest BCUT2D eigenvalue weighted by Crippen LogP contribution is -2.08. The Morgan fingerprint density at radius 2 is 1.48 bits per heavy atom. The highest BCUT2D eigenvalue weighted by Gasteiger charge is 2.21. The van der Waals surface area contributed by atoms with Crippen molar-refractivity contribution in [2.45, 2.75) is 18.9 Å². The lowest BCUT2D eigenvalue weighted by molar-refractivity contribution is 0.756. The molecule has 0 saturated carbocycles. The molecule has 25 heavy (non-hydrogen) atoms. The maximum atomic E-state index is 5.82. The van der Waals surface area contributed by atoms with Crippen molar-refractivity contribution in [3.05, 3.63) is 75.6 Å². The Hall–Kier alpha value is -1.95. The molecule has 1 aromatic carbocycles. The third-order valence-electron chi connectivity index (χ3n) is 3.64. The van der Waals surface area contributed by atoms with Gasteiger partial charge in [-0.05, 0) is 24.0 Å². The van der Waals surface area contributed by atoms with Gasteiger partial charge < -0.3 is 5.32 Å². The highest BCUT2D eigenvalue weighted by molar-refractivity contribution is 6.32. The summed E-state index contributed by atoms with van der Waals surface area (Å²) in [6, 6.07) is 8.82. The molecule has 0 amide bonds. The van der Waals surface area contributed by atoms with Gasteiger partial charge in [-0.1, -0.05) is 59.1 Å². The molecule has 3 aromatic rings. The number of halogens is 3. The van der Waals surface area contributed by atoms with Crippen molar-refractivity contribution < 1.29 is 0 Å². The fourth-order valence-electron chi connectivity index (χ4n) is 2.62. The van der Waals surface area contributed by atoms with Crippen LogP contribution < -0.4 is 5.32 Å². The van der Waals surface area contributed by atoms with Gasteiger partial charge in [-0.2, -0.15) is 0 Å². The zero-order valence-electron chi connectivity index (χ0n) is 13.0. The topological polar surface area (TPSA) is 63.6 Å². The van der Waals surface area contributed by atoms with E-state index in [1.54, 1.807) is 6.20 Å². The van der Waals surface area contributed by atoms with Crippen LogP contribution in [0.25, 0.3) is 0 Å². The molecule has 1 aliphatic rings. The summed E-state index contributed by atoms with van der Waals surface area (Å²) in [5, 5.41) is 4.43. The van der Waals surface area contributed by atoms with Crippen LogP contribution in [0.3, 0.4) is 0 Å². The van der Waals surface area contributed by atoms with E-state index in [1.165, 1.54) is 29.7 Å². The summed E-state index contributed by atoms with van der Waals surface area (Å²) in [5.74, 6) is 0.735. The predicted molar refractivity (Wildman–Crippen MR) is 100 cm³/mol. The zero-order chi connectivity index (χ0) is 17.6. The number of aryl methyl sites for hydroxylation is 1. The molecule has 8 heteroatoms. The van der Waals surface area contributed by atoms with Crippen molar-refractivity contribution in [1.29, 1.82) is 0 Å². The molecule has 4 rings (SSSR count). The molecule has 0 fully saturated rings. The number of anilines is 1. The molecule has 5 nitrogen and oxygen atoms in total. The smallest absolute Gasteiger partial charge is 0.149 e.